The number of para-hydroxylation sites is 3. The van der Waals surface area contributed by atoms with Crippen LogP contribution in [0.4, 0.5) is 0 Å². The van der Waals surface area contributed by atoms with Crippen LogP contribution >= 0.6 is 0 Å². The predicted molar refractivity (Wildman–Crippen MR) is 149 cm³/mol. The Morgan fingerprint density at radius 1 is 0.465 bits per heavy atom. The molecule has 0 aliphatic heterocycles. The van der Waals surface area contributed by atoms with Gasteiger partial charge in [0.2, 0.25) is 0 Å². The number of carbonyl (C=O) groups is 3. The molecule has 0 amide bonds. The molecule has 0 spiro atoms. The summed E-state index contributed by atoms with van der Waals surface area (Å²) in [5, 5.41) is 61.6. The first-order valence-corrected chi connectivity index (χ1v) is 12.0. The third-order valence-electron chi connectivity index (χ3n) is 5.69. The number of pyridine rings is 3. The van der Waals surface area contributed by atoms with Crippen LogP contribution in [0, 0.1) is 0 Å². The van der Waals surface area contributed by atoms with Crippen molar-refractivity contribution in [3.63, 3.8) is 0 Å². The number of hydrogen-bond donors (Lipinski definition) is 3. The molecule has 210 valence electrons. The van der Waals surface area contributed by atoms with Crippen LogP contribution in [0.1, 0.15) is 31.5 Å². The molecule has 0 aliphatic rings. The fourth-order valence-corrected chi connectivity index (χ4v) is 3.76. The summed E-state index contributed by atoms with van der Waals surface area (Å²) in [5.41, 5.74) is 0.273. The van der Waals surface area contributed by atoms with E-state index in [9.17, 15) is 45.0 Å². The summed E-state index contributed by atoms with van der Waals surface area (Å²) in [5.74, 6) is -5.55. The van der Waals surface area contributed by atoms with Gasteiger partial charge >= 0.3 is 17.4 Å². The van der Waals surface area contributed by atoms with Crippen molar-refractivity contribution in [3.05, 3.63) is 108 Å². The number of aromatic nitrogens is 3. The van der Waals surface area contributed by atoms with Crippen molar-refractivity contribution in [2.24, 2.45) is 0 Å². The molecule has 0 aliphatic carbocycles. The number of carboxylic acids is 3. The Bertz CT molecular complexity index is 1760. The van der Waals surface area contributed by atoms with Gasteiger partial charge in [0.15, 0.2) is 0 Å². The van der Waals surface area contributed by atoms with Gasteiger partial charge in [-0.1, -0.05) is 54.6 Å². The fourth-order valence-electron chi connectivity index (χ4n) is 3.76. The van der Waals surface area contributed by atoms with Gasteiger partial charge in [-0.25, -0.2) is 15.0 Å². The number of fused-ring (bicyclic) bond motifs is 3. The van der Waals surface area contributed by atoms with E-state index < -0.39 is 35.0 Å². The van der Waals surface area contributed by atoms with Crippen molar-refractivity contribution >= 4 is 68.0 Å². The number of aromatic hydroxyl groups is 3. The third kappa shape index (κ3) is 7.50. The monoisotopic (exact) mass is 591 g/mol. The Balaban J connectivity index is 0.000000175. The summed E-state index contributed by atoms with van der Waals surface area (Å²) >= 11 is 0. The molecule has 0 saturated heterocycles. The largest absolute Gasteiger partial charge is 3.00 e. The molecule has 3 N–H and O–H groups in total. The van der Waals surface area contributed by atoms with Crippen LogP contribution in [0.25, 0.3) is 32.7 Å². The minimum absolute atomic E-state index is 0. The summed E-state index contributed by atoms with van der Waals surface area (Å²) in [6.45, 7) is 0. The van der Waals surface area contributed by atoms with Crippen LogP contribution in [-0.4, -0.2) is 65.5 Å². The van der Waals surface area contributed by atoms with Gasteiger partial charge in [0.25, 0.3) is 0 Å². The minimum Gasteiger partial charge on any atom is -0.543 e. The van der Waals surface area contributed by atoms with E-state index in [0.29, 0.717) is 32.7 Å². The second-order valence-electron chi connectivity index (χ2n) is 8.51. The zero-order chi connectivity index (χ0) is 30.4. The van der Waals surface area contributed by atoms with Gasteiger partial charge in [0.05, 0.1) is 34.5 Å². The molecule has 0 bridgehead atoms. The maximum atomic E-state index is 10.5. The molecular formula is C30H18AlN3O9. The first-order valence-electron chi connectivity index (χ1n) is 12.0. The van der Waals surface area contributed by atoms with Crippen LogP contribution in [0.3, 0.4) is 0 Å². The number of rotatable bonds is 3. The number of carboxylic acid groups (broad SMARTS) is 3. The Morgan fingerprint density at radius 2 is 0.698 bits per heavy atom. The van der Waals surface area contributed by atoms with Crippen LogP contribution < -0.4 is 15.3 Å². The maximum absolute atomic E-state index is 10.5. The van der Waals surface area contributed by atoms with Gasteiger partial charge in [-0.3, -0.25) is 0 Å². The van der Waals surface area contributed by atoms with Crippen LogP contribution in [0.5, 0.6) is 17.2 Å². The van der Waals surface area contributed by atoms with Crippen molar-refractivity contribution in [2.75, 3.05) is 0 Å². The Hall–Kier alpha value is -5.77. The smallest absolute Gasteiger partial charge is 0.543 e. The molecule has 0 saturated carbocycles. The molecule has 6 aromatic rings. The van der Waals surface area contributed by atoms with E-state index in [0.717, 1.165) is 0 Å². The van der Waals surface area contributed by atoms with Crippen molar-refractivity contribution < 1.29 is 45.0 Å². The van der Waals surface area contributed by atoms with Crippen LogP contribution in [0.2, 0.25) is 0 Å². The molecule has 0 radical (unpaired) electrons. The van der Waals surface area contributed by atoms with Gasteiger partial charge in [0, 0.05) is 16.2 Å². The zero-order valence-electron chi connectivity index (χ0n) is 21.9. The second-order valence-corrected chi connectivity index (χ2v) is 8.51. The van der Waals surface area contributed by atoms with Gasteiger partial charge in [0.1, 0.15) is 34.3 Å². The van der Waals surface area contributed by atoms with Crippen molar-refractivity contribution in [2.45, 2.75) is 0 Å². The van der Waals surface area contributed by atoms with Crippen molar-refractivity contribution in [3.8, 4) is 17.2 Å². The standard InChI is InChI=1S/3C10H7NO3.Al/c3*12-8-5-6-3-1-2-4-7(6)11-9(8)10(13)14;/h3*1-5,12H,(H,13,14);/q;;;+3/p-3. The normalized spacial score (nSPS) is 10.0. The zero-order valence-corrected chi connectivity index (χ0v) is 23.0. The average molecular weight is 591 g/mol. The van der Waals surface area contributed by atoms with E-state index in [4.69, 9.17) is 0 Å². The summed E-state index contributed by atoms with van der Waals surface area (Å²) in [6.07, 6.45) is 0. The van der Waals surface area contributed by atoms with E-state index >= 15 is 0 Å². The molecule has 3 aromatic heterocycles. The first-order chi connectivity index (χ1) is 20.0. The molecule has 43 heavy (non-hydrogen) atoms. The quantitative estimate of drug-likeness (QED) is 0.240. The summed E-state index contributed by atoms with van der Waals surface area (Å²) in [7, 11) is 0. The van der Waals surface area contributed by atoms with E-state index in [1.54, 1.807) is 72.8 Å². The topological polar surface area (TPSA) is 220 Å². The number of hydrogen-bond acceptors (Lipinski definition) is 12. The van der Waals surface area contributed by atoms with Crippen LogP contribution in [-0.2, 0) is 0 Å². The molecule has 0 atom stereocenters. The molecule has 12 nitrogen and oxygen atoms in total. The second kappa shape index (κ2) is 13.7. The first kappa shape index (κ1) is 31.8. The minimum atomic E-state index is -1.48. The fraction of sp³-hybridized carbons (Fsp3) is 0. The number of benzene rings is 3. The van der Waals surface area contributed by atoms with E-state index in [-0.39, 0.29) is 34.6 Å². The van der Waals surface area contributed by atoms with Crippen molar-refractivity contribution in [1.29, 1.82) is 0 Å². The van der Waals surface area contributed by atoms with E-state index in [2.05, 4.69) is 15.0 Å². The average Bonchev–Trinajstić information content (AvgIpc) is 2.96. The molecular weight excluding hydrogens is 573 g/mol. The Morgan fingerprint density at radius 3 is 0.930 bits per heavy atom. The molecule has 0 unspecified atom stereocenters. The summed E-state index contributed by atoms with van der Waals surface area (Å²) in [4.78, 5) is 42.9. The third-order valence-corrected chi connectivity index (χ3v) is 5.69. The van der Waals surface area contributed by atoms with Gasteiger partial charge in [-0.15, -0.1) is 0 Å². The maximum Gasteiger partial charge on any atom is 3.00 e. The number of carbonyl (C=O) groups excluding carboxylic acids is 3. The number of nitrogens with zero attached hydrogens (tertiary/aromatic N) is 3. The SMILES string of the molecule is O=C([O-])c1nc2ccccc2cc1O.O=C([O-])c1nc2ccccc2cc1O.O=C([O-])c1nc2ccccc2cc1O.[Al+3]. The molecule has 13 heteroatoms. The Kier molecular flexibility index (Phi) is 10.1. The summed E-state index contributed by atoms with van der Waals surface area (Å²) < 4.78 is 0. The van der Waals surface area contributed by atoms with Gasteiger partial charge < -0.3 is 45.0 Å². The predicted octanol–water partition coefficient (Wildman–Crippen LogP) is 0.531. The van der Waals surface area contributed by atoms with Gasteiger partial charge in [-0.05, 0) is 36.4 Å². The van der Waals surface area contributed by atoms with Gasteiger partial charge in [-0.2, -0.15) is 0 Å². The van der Waals surface area contributed by atoms with E-state index in [1.807, 2.05) is 0 Å². The molecule has 3 heterocycles. The molecule has 3 aromatic carbocycles. The van der Waals surface area contributed by atoms with E-state index in [1.165, 1.54) is 18.2 Å². The Labute approximate surface area is 252 Å². The van der Waals surface area contributed by atoms with Crippen LogP contribution in [0.15, 0.2) is 91.0 Å². The summed E-state index contributed by atoms with van der Waals surface area (Å²) in [6, 6.07) is 24.8. The van der Waals surface area contributed by atoms with Crippen molar-refractivity contribution in [1.82, 2.24) is 15.0 Å². The molecule has 6 rings (SSSR count). The molecule has 0 fully saturated rings. The number of aromatic carboxylic acids is 3.